The normalized spacial score (nSPS) is 17.8. The second kappa shape index (κ2) is 6.54. The number of rotatable bonds is 4. The minimum absolute atomic E-state index is 0.0116. The molecule has 0 unspecified atom stereocenters. The second-order valence-electron chi connectivity index (χ2n) is 6.27. The summed E-state index contributed by atoms with van der Waals surface area (Å²) in [6.07, 6.45) is 1.31. The number of aromatic nitrogens is 1. The van der Waals surface area contributed by atoms with Crippen molar-refractivity contribution in [1.29, 1.82) is 0 Å². The maximum atomic E-state index is 12.7. The number of amides is 1. The Labute approximate surface area is 135 Å². The molecule has 122 valence electrons. The Morgan fingerprint density at radius 1 is 1.39 bits per heavy atom. The van der Waals surface area contributed by atoms with Crippen LogP contribution in [0.5, 0.6) is 0 Å². The van der Waals surface area contributed by atoms with Gasteiger partial charge in [0.25, 0.3) is 11.5 Å². The molecule has 0 aliphatic carbocycles. The Kier molecular flexibility index (Phi) is 4.48. The molecule has 5 heteroatoms. The molecule has 1 fully saturated rings. The summed E-state index contributed by atoms with van der Waals surface area (Å²) in [5.41, 5.74) is 1.26. The Morgan fingerprint density at radius 2 is 2.17 bits per heavy atom. The molecule has 0 spiro atoms. The van der Waals surface area contributed by atoms with Gasteiger partial charge in [0.2, 0.25) is 0 Å². The van der Waals surface area contributed by atoms with Crippen LogP contribution >= 0.6 is 0 Å². The highest BCUT2D eigenvalue weighted by molar-refractivity contribution is 5.82. The number of ether oxygens (including phenoxy) is 1. The van der Waals surface area contributed by atoms with Crippen LogP contribution in [0.3, 0.4) is 0 Å². The molecule has 0 radical (unpaired) electrons. The van der Waals surface area contributed by atoms with Gasteiger partial charge in [0, 0.05) is 23.7 Å². The van der Waals surface area contributed by atoms with Gasteiger partial charge in [-0.3, -0.25) is 9.59 Å². The van der Waals surface area contributed by atoms with E-state index in [4.69, 9.17) is 4.74 Å². The summed E-state index contributed by atoms with van der Waals surface area (Å²) in [5.74, 6) is -0.0231. The first kappa shape index (κ1) is 15.7. The largest absolute Gasteiger partial charge is 0.368 e. The molecule has 3 rings (SSSR count). The summed E-state index contributed by atoms with van der Waals surface area (Å²) in [4.78, 5) is 29.6. The number of para-hydroxylation sites is 1. The number of hydrogen-bond acceptors (Lipinski definition) is 3. The molecule has 1 saturated heterocycles. The van der Waals surface area contributed by atoms with Crippen LogP contribution in [0.25, 0.3) is 10.9 Å². The number of hydrogen-bond donors (Lipinski definition) is 1. The number of carbonyl (C=O) groups is 1. The van der Waals surface area contributed by atoms with Crippen molar-refractivity contribution in [1.82, 2.24) is 9.88 Å². The topological polar surface area (TPSA) is 62.4 Å². The Bertz CT molecular complexity index is 760. The second-order valence-corrected chi connectivity index (χ2v) is 6.27. The molecular weight excluding hydrogens is 292 g/mol. The van der Waals surface area contributed by atoms with Gasteiger partial charge in [0.05, 0.1) is 6.54 Å². The predicted molar refractivity (Wildman–Crippen MR) is 89.2 cm³/mol. The molecular formula is C18H22N2O3. The fourth-order valence-corrected chi connectivity index (χ4v) is 2.97. The summed E-state index contributed by atoms with van der Waals surface area (Å²) >= 11 is 0. The van der Waals surface area contributed by atoms with Crippen LogP contribution in [0, 0.1) is 0 Å². The zero-order valence-electron chi connectivity index (χ0n) is 13.5. The summed E-state index contributed by atoms with van der Waals surface area (Å²) in [6.45, 7) is 4.86. The number of carbonyl (C=O) groups excluding carboxylic acids is 1. The van der Waals surface area contributed by atoms with Crippen LogP contribution in [0.4, 0.5) is 0 Å². The van der Waals surface area contributed by atoms with Crippen molar-refractivity contribution in [3.8, 4) is 0 Å². The molecule has 1 atom stereocenters. The van der Waals surface area contributed by atoms with Gasteiger partial charge in [-0.05, 0) is 44.2 Å². The molecule has 0 saturated carbocycles. The number of aromatic amines is 1. The maximum Gasteiger partial charge on any atom is 0.253 e. The van der Waals surface area contributed by atoms with Gasteiger partial charge in [-0.25, -0.2) is 0 Å². The molecule has 1 N–H and O–H groups in total. The molecule has 1 aliphatic rings. The monoisotopic (exact) mass is 314 g/mol. The summed E-state index contributed by atoms with van der Waals surface area (Å²) in [6, 6.07) is 9.53. The van der Waals surface area contributed by atoms with Crippen LogP contribution < -0.4 is 5.56 Å². The third kappa shape index (κ3) is 3.29. The van der Waals surface area contributed by atoms with Gasteiger partial charge >= 0.3 is 0 Å². The van der Waals surface area contributed by atoms with E-state index in [1.165, 1.54) is 0 Å². The predicted octanol–water partition coefficient (Wildman–Crippen LogP) is 2.44. The SMILES string of the molecule is CC(C)N(Cc1cc2ccccc2[nH]c1=O)C(=O)[C@H]1CCCO1. The van der Waals surface area contributed by atoms with Gasteiger partial charge in [0.1, 0.15) is 6.10 Å². The number of H-pyrrole nitrogens is 1. The van der Waals surface area contributed by atoms with Crippen molar-refractivity contribution in [3.63, 3.8) is 0 Å². The fraction of sp³-hybridized carbons (Fsp3) is 0.444. The van der Waals surface area contributed by atoms with Crippen molar-refractivity contribution < 1.29 is 9.53 Å². The first-order chi connectivity index (χ1) is 11.1. The summed E-state index contributed by atoms with van der Waals surface area (Å²) in [5, 5.41) is 0.968. The van der Waals surface area contributed by atoms with E-state index < -0.39 is 0 Å². The molecule has 1 aliphatic heterocycles. The number of nitrogens with zero attached hydrogens (tertiary/aromatic N) is 1. The van der Waals surface area contributed by atoms with Gasteiger partial charge in [-0.2, -0.15) is 0 Å². The molecule has 23 heavy (non-hydrogen) atoms. The van der Waals surface area contributed by atoms with Crippen LogP contribution in [-0.4, -0.2) is 34.5 Å². The fourth-order valence-electron chi connectivity index (χ4n) is 2.97. The zero-order valence-corrected chi connectivity index (χ0v) is 13.5. The Balaban J connectivity index is 1.89. The number of fused-ring (bicyclic) bond motifs is 1. The standard InChI is InChI=1S/C18H22N2O3/c1-12(2)20(18(22)16-8-5-9-23-16)11-14-10-13-6-3-4-7-15(13)19-17(14)21/h3-4,6-7,10,12,16H,5,8-9,11H2,1-2H3,(H,19,21)/t16-/m1/s1. The lowest BCUT2D eigenvalue weighted by atomic mass is 10.1. The lowest BCUT2D eigenvalue weighted by molar-refractivity contribution is -0.143. The van der Waals surface area contributed by atoms with E-state index in [2.05, 4.69) is 4.98 Å². The van der Waals surface area contributed by atoms with E-state index in [0.717, 1.165) is 23.7 Å². The molecule has 1 amide bonds. The van der Waals surface area contributed by atoms with Crippen molar-refractivity contribution in [2.24, 2.45) is 0 Å². The highest BCUT2D eigenvalue weighted by Gasteiger charge is 2.30. The van der Waals surface area contributed by atoms with Crippen molar-refractivity contribution in [2.75, 3.05) is 6.61 Å². The number of nitrogens with one attached hydrogen (secondary N) is 1. The van der Waals surface area contributed by atoms with Crippen LogP contribution in [-0.2, 0) is 16.1 Å². The lowest BCUT2D eigenvalue weighted by Crippen LogP contribution is -2.43. The first-order valence-electron chi connectivity index (χ1n) is 8.09. The average Bonchev–Trinajstić information content (AvgIpc) is 3.06. The van der Waals surface area contributed by atoms with Crippen molar-refractivity contribution >= 4 is 16.8 Å². The summed E-state index contributed by atoms with van der Waals surface area (Å²) < 4.78 is 5.51. The van der Waals surface area contributed by atoms with Gasteiger partial charge in [0.15, 0.2) is 0 Å². The minimum atomic E-state index is -0.364. The van der Waals surface area contributed by atoms with Gasteiger partial charge in [-0.1, -0.05) is 18.2 Å². The molecule has 1 aromatic carbocycles. The molecule has 5 nitrogen and oxygen atoms in total. The smallest absolute Gasteiger partial charge is 0.253 e. The van der Waals surface area contributed by atoms with Crippen LogP contribution in [0.2, 0.25) is 0 Å². The van der Waals surface area contributed by atoms with Gasteiger partial charge in [-0.15, -0.1) is 0 Å². The molecule has 1 aromatic heterocycles. The lowest BCUT2D eigenvalue weighted by Gasteiger charge is -2.29. The summed E-state index contributed by atoms with van der Waals surface area (Å²) in [7, 11) is 0. The van der Waals surface area contributed by atoms with Crippen LogP contribution in [0.15, 0.2) is 35.1 Å². The van der Waals surface area contributed by atoms with E-state index in [9.17, 15) is 9.59 Å². The number of pyridine rings is 1. The van der Waals surface area contributed by atoms with Crippen molar-refractivity contribution in [2.45, 2.75) is 45.4 Å². The van der Waals surface area contributed by atoms with Crippen molar-refractivity contribution in [3.05, 3.63) is 46.2 Å². The van der Waals surface area contributed by atoms with E-state index in [1.807, 2.05) is 44.2 Å². The molecule has 2 aromatic rings. The van der Waals surface area contributed by atoms with E-state index in [0.29, 0.717) is 18.7 Å². The molecule has 2 heterocycles. The highest BCUT2D eigenvalue weighted by Crippen LogP contribution is 2.18. The molecule has 0 bridgehead atoms. The third-order valence-electron chi connectivity index (χ3n) is 4.28. The third-order valence-corrected chi connectivity index (χ3v) is 4.28. The quantitative estimate of drug-likeness (QED) is 0.943. The van der Waals surface area contributed by atoms with Crippen LogP contribution in [0.1, 0.15) is 32.3 Å². The highest BCUT2D eigenvalue weighted by atomic mass is 16.5. The first-order valence-corrected chi connectivity index (χ1v) is 8.09. The Hall–Kier alpha value is -2.14. The number of benzene rings is 1. The van der Waals surface area contributed by atoms with Gasteiger partial charge < -0.3 is 14.6 Å². The average molecular weight is 314 g/mol. The van der Waals surface area contributed by atoms with E-state index in [1.54, 1.807) is 4.90 Å². The maximum absolute atomic E-state index is 12.7. The Morgan fingerprint density at radius 3 is 2.87 bits per heavy atom. The zero-order chi connectivity index (χ0) is 16.4. The van der Waals surface area contributed by atoms with E-state index in [-0.39, 0.29) is 23.6 Å². The minimum Gasteiger partial charge on any atom is -0.368 e. The van der Waals surface area contributed by atoms with E-state index >= 15 is 0 Å².